The molecule has 4 heterocycles. The Hall–Kier alpha value is -3.50. The van der Waals surface area contributed by atoms with Gasteiger partial charge in [0.2, 0.25) is 17.7 Å². The van der Waals surface area contributed by atoms with Gasteiger partial charge in [-0.2, -0.15) is 0 Å². The number of fused-ring (bicyclic) bond motifs is 2. The maximum Gasteiger partial charge on any atom is 0.313 e. The van der Waals surface area contributed by atoms with Gasteiger partial charge < -0.3 is 29.7 Å². The van der Waals surface area contributed by atoms with E-state index in [1.165, 1.54) is 4.90 Å². The summed E-state index contributed by atoms with van der Waals surface area (Å²) in [7, 11) is 0. The van der Waals surface area contributed by atoms with Gasteiger partial charge >= 0.3 is 5.97 Å². The Morgan fingerprint density at radius 3 is 2.49 bits per heavy atom. The van der Waals surface area contributed by atoms with Gasteiger partial charge in [0.15, 0.2) is 0 Å². The van der Waals surface area contributed by atoms with E-state index in [-0.39, 0.29) is 37.9 Å². The molecule has 2 N–H and O–H groups in total. The molecule has 0 saturated carbocycles. The number of hydrogen-bond donors (Lipinski definition) is 2. The second-order valence-electron chi connectivity index (χ2n) is 12.2. The second-order valence-corrected chi connectivity index (χ2v) is 12.2. The second kappa shape index (κ2) is 11.1. The molecule has 7 atom stereocenters. The number of rotatable bonds is 3. The Morgan fingerprint density at radius 1 is 1.07 bits per heavy atom. The molecule has 2 saturated heterocycles. The summed E-state index contributed by atoms with van der Waals surface area (Å²) in [6.45, 7) is 7.35. The first kappa shape index (κ1) is 29.0. The SMILES string of the molecule is C[C@@H]1NC(=O)CC/C=C\CN(C(C)(C)C)C(=O)[C@H]2N(CCO)C(=O)[C@@H]3[C@@H](C(=O)O[C@H]1c1ccccc1)[C@H]1C=C[C@]32O1. The van der Waals surface area contributed by atoms with E-state index in [1.807, 2.05) is 63.3 Å². The van der Waals surface area contributed by atoms with Crippen LogP contribution >= 0.6 is 0 Å². The van der Waals surface area contributed by atoms with E-state index in [0.29, 0.717) is 12.0 Å². The average Bonchev–Trinajstić information content (AvgIpc) is 3.56. The zero-order valence-corrected chi connectivity index (χ0v) is 24.0. The molecule has 3 amide bonds. The maximum absolute atomic E-state index is 14.3. The third-order valence-corrected chi connectivity index (χ3v) is 8.50. The number of esters is 1. The predicted octanol–water partition coefficient (Wildman–Crippen LogP) is 1.90. The van der Waals surface area contributed by atoms with E-state index >= 15 is 0 Å². The molecule has 1 aromatic carbocycles. The van der Waals surface area contributed by atoms with Crippen molar-refractivity contribution in [2.24, 2.45) is 11.8 Å². The molecule has 1 aromatic rings. The van der Waals surface area contributed by atoms with Crippen molar-refractivity contribution in [1.82, 2.24) is 15.1 Å². The summed E-state index contributed by atoms with van der Waals surface area (Å²) in [6.07, 6.45) is 6.33. The fourth-order valence-electron chi connectivity index (χ4n) is 6.63. The molecule has 220 valence electrons. The minimum absolute atomic E-state index is 0.0688. The maximum atomic E-state index is 14.3. The number of amides is 3. The number of carbonyl (C=O) groups excluding carboxylic acids is 4. The van der Waals surface area contributed by atoms with Crippen LogP contribution in [0.15, 0.2) is 54.6 Å². The number of cyclic esters (lactones) is 1. The van der Waals surface area contributed by atoms with Crippen LogP contribution in [-0.4, -0.2) is 87.6 Å². The van der Waals surface area contributed by atoms with Crippen molar-refractivity contribution < 1.29 is 33.8 Å². The Morgan fingerprint density at radius 2 is 1.80 bits per heavy atom. The smallest absolute Gasteiger partial charge is 0.313 e. The van der Waals surface area contributed by atoms with Crippen molar-refractivity contribution in [3.8, 4) is 0 Å². The van der Waals surface area contributed by atoms with Gasteiger partial charge in [0, 0.05) is 25.0 Å². The van der Waals surface area contributed by atoms with Gasteiger partial charge in [0.1, 0.15) is 23.7 Å². The van der Waals surface area contributed by atoms with Gasteiger partial charge in [0.25, 0.3) is 0 Å². The van der Waals surface area contributed by atoms with Gasteiger partial charge in [-0.15, -0.1) is 0 Å². The van der Waals surface area contributed by atoms with Crippen LogP contribution in [0.25, 0.3) is 0 Å². The molecular weight excluding hydrogens is 526 g/mol. The fourth-order valence-corrected chi connectivity index (χ4v) is 6.63. The van der Waals surface area contributed by atoms with Gasteiger partial charge in [-0.05, 0) is 39.7 Å². The molecule has 0 aliphatic carbocycles. The minimum Gasteiger partial charge on any atom is -0.455 e. The lowest BCUT2D eigenvalue weighted by atomic mass is 9.74. The van der Waals surface area contributed by atoms with Crippen LogP contribution in [0.1, 0.15) is 52.2 Å². The van der Waals surface area contributed by atoms with E-state index in [9.17, 15) is 24.3 Å². The summed E-state index contributed by atoms with van der Waals surface area (Å²) < 4.78 is 12.5. The molecule has 1 spiro atoms. The molecule has 5 bridgehead atoms. The molecule has 0 unspecified atom stereocenters. The first-order valence-corrected chi connectivity index (χ1v) is 14.3. The average molecular weight is 566 g/mol. The molecule has 0 aromatic heterocycles. The summed E-state index contributed by atoms with van der Waals surface area (Å²) in [5.74, 6) is -3.55. The highest BCUT2D eigenvalue weighted by atomic mass is 16.6. The van der Waals surface area contributed by atoms with Crippen LogP contribution in [0.4, 0.5) is 0 Å². The number of benzene rings is 1. The molecule has 4 aliphatic heterocycles. The summed E-state index contributed by atoms with van der Waals surface area (Å²) in [6, 6.07) is 7.55. The summed E-state index contributed by atoms with van der Waals surface area (Å²) in [5.41, 5.74) is -1.27. The van der Waals surface area contributed by atoms with E-state index in [1.54, 1.807) is 24.0 Å². The molecule has 10 nitrogen and oxygen atoms in total. The van der Waals surface area contributed by atoms with Crippen molar-refractivity contribution in [3.05, 3.63) is 60.2 Å². The van der Waals surface area contributed by atoms with E-state index < -0.39 is 59.1 Å². The van der Waals surface area contributed by atoms with Crippen molar-refractivity contribution >= 4 is 23.7 Å². The van der Waals surface area contributed by atoms with E-state index in [4.69, 9.17) is 9.47 Å². The highest BCUT2D eigenvalue weighted by Crippen LogP contribution is 2.56. The largest absolute Gasteiger partial charge is 0.455 e. The third kappa shape index (κ3) is 5.08. The Labute approximate surface area is 240 Å². The van der Waals surface area contributed by atoms with Crippen LogP contribution in [0.5, 0.6) is 0 Å². The Kier molecular flexibility index (Phi) is 7.82. The summed E-state index contributed by atoms with van der Waals surface area (Å²) >= 11 is 0. The highest BCUT2D eigenvalue weighted by molar-refractivity contribution is 5.99. The summed E-state index contributed by atoms with van der Waals surface area (Å²) in [4.78, 5) is 58.1. The number of ether oxygens (including phenoxy) is 2. The first-order chi connectivity index (χ1) is 19.5. The molecule has 10 heteroatoms. The van der Waals surface area contributed by atoms with E-state index in [0.717, 1.165) is 0 Å². The molecule has 0 radical (unpaired) electrons. The summed E-state index contributed by atoms with van der Waals surface area (Å²) in [5, 5.41) is 12.8. The monoisotopic (exact) mass is 565 g/mol. The molecule has 41 heavy (non-hydrogen) atoms. The zero-order chi connectivity index (χ0) is 29.5. The number of β-amino-alcohol motifs (C(OH)–C–C–N with tert-alkyl or cyclic N) is 1. The molecule has 2 fully saturated rings. The molecule has 5 rings (SSSR count). The number of aliphatic hydroxyl groups is 1. The van der Waals surface area contributed by atoms with E-state index in [2.05, 4.69) is 5.32 Å². The Bertz CT molecular complexity index is 1260. The van der Waals surface area contributed by atoms with Crippen LogP contribution in [0.3, 0.4) is 0 Å². The van der Waals surface area contributed by atoms with Crippen LogP contribution < -0.4 is 5.32 Å². The standard InChI is InChI=1S/C31H39N3O7/c1-19-25(20-11-7-5-8-12-20)40-29(39)23-21-14-15-31(41-21)24(23)27(37)33(17-18-35)26(31)28(38)34(30(2,3)4)16-10-6-9-13-22(36)32-19/h5-8,10-12,14-15,19,21,23-26,35H,9,13,16-18H2,1-4H3,(H,32,36)/b10-6-/t19-,21+,23-,24-,25+,26+,31-/m0/s1. The number of nitrogens with one attached hydrogen (secondary N) is 1. The first-order valence-electron chi connectivity index (χ1n) is 14.3. The van der Waals surface area contributed by atoms with Crippen molar-refractivity contribution in [2.75, 3.05) is 19.7 Å². The van der Waals surface area contributed by atoms with Crippen LogP contribution in [0.2, 0.25) is 0 Å². The Balaban J connectivity index is 1.59. The number of nitrogens with zero attached hydrogens (tertiary/aromatic N) is 2. The topological polar surface area (TPSA) is 125 Å². The van der Waals surface area contributed by atoms with Gasteiger partial charge in [-0.1, -0.05) is 54.6 Å². The lowest BCUT2D eigenvalue weighted by Gasteiger charge is -2.41. The number of allylic oxidation sites excluding steroid dienone is 1. The van der Waals surface area contributed by atoms with Crippen molar-refractivity contribution in [1.29, 1.82) is 0 Å². The predicted molar refractivity (Wildman–Crippen MR) is 149 cm³/mol. The number of carbonyl (C=O) groups is 4. The van der Waals surface area contributed by atoms with Gasteiger partial charge in [0.05, 0.1) is 24.7 Å². The fraction of sp³-hybridized carbons (Fsp3) is 0.548. The lowest BCUT2D eigenvalue weighted by molar-refractivity contribution is -0.161. The van der Waals surface area contributed by atoms with Gasteiger partial charge in [-0.3, -0.25) is 19.2 Å². The minimum atomic E-state index is -1.36. The van der Waals surface area contributed by atoms with Crippen LogP contribution in [-0.2, 0) is 28.7 Å². The number of hydrogen-bond acceptors (Lipinski definition) is 7. The normalized spacial score (nSPS) is 35.0. The quantitative estimate of drug-likeness (QED) is 0.424. The number of likely N-dealkylation sites (tertiary alicyclic amines) is 1. The molecule has 4 aliphatic rings. The highest BCUT2D eigenvalue weighted by Gasteiger charge is 2.73. The van der Waals surface area contributed by atoms with Gasteiger partial charge in [-0.25, -0.2) is 0 Å². The number of aliphatic hydroxyl groups excluding tert-OH is 1. The molecular formula is C31H39N3O7. The lowest BCUT2D eigenvalue weighted by Crippen LogP contribution is -2.59. The zero-order valence-electron chi connectivity index (χ0n) is 24.0. The van der Waals surface area contributed by atoms with Crippen molar-refractivity contribution in [2.45, 2.75) is 76.0 Å². The van der Waals surface area contributed by atoms with Crippen molar-refractivity contribution in [3.63, 3.8) is 0 Å². The third-order valence-electron chi connectivity index (χ3n) is 8.50. The van der Waals surface area contributed by atoms with Crippen LogP contribution in [0, 0.1) is 11.8 Å².